The summed E-state index contributed by atoms with van der Waals surface area (Å²) in [6.45, 7) is 1.88. The Morgan fingerprint density at radius 1 is 1.38 bits per heavy atom. The molecule has 0 bridgehead atoms. The van der Waals surface area contributed by atoms with Crippen LogP contribution in [-0.2, 0) is 11.3 Å². The molecule has 2 aromatic carbocycles. The van der Waals surface area contributed by atoms with Crippen molar-refractivity contribution in [2.45, 2.75) is 19.5 Å². The Labute approximate surface area is 143 Å². The molecule has 124 valence electrons. The van der Waals surface area contributed by atoms with Crippen LogP contribution in [0, 0.1) is 0 Å². The van der Waals surface area contributed by atoms with Gasteiger partial charge < -0.3 is 15.2 Å². The van der Waals surface area contributed by atoms with Crippen LogP contribution in [0.15, 0.2) is 47.6 Å². The highest BCUT2D eigenvalue weighted by Gasteiger charge is 2.12. The van der Waals surface area contributed by atoms with Crippen molar-refractivity contribution in [3.8, 4) is 11.5 Å². The van der Waals surface area contributed by atoms with Gasteiger partial charge in [0.05, 0.1) is 0 Å². The molecule has 0 aliphatic carbocycles. The van der Waals surface area contributed by atoms with Crippen LogP contribution in [0.2, 0.25) is 5.02 Å². The molecule has 2 N–H and O–H groups in total. The minimum atomic E-state index is -0.930. The fraction of sp³-hybridized carbons (Fsp3) is 0.188. The standard InChI is InChI=1S/C16H15ClN4O3/c1-10(16(22)23)19-9-11-2-3-12(17)8-15(11)24-14-6-4-13(5-7-14)20-21-18/h2-8,10,19H,9H2,1H3,(H,22,23). The van der Waals surface area contributed by atoms with Gasteiger partial charge in [0, 0.05) is 27.7 Å². The first-order valence-corrected chi connectivity index (χ1v) is 7.45. The molecule has 7 nitrogen and oxygen atoms in total. The topological polar surface area (TPSA) is 107 Å². The summed E-state index contributed by atoms with van der Waals surface area (Å²) in [5.41, 5.74) is 9.65. The van der Waals surface area contributed by atoms with E-state index in [1.165, 1.54) is 0 Å². The van der Waals surface area contributed by atoms with E-state index in [2.05, 4.69) is 15.3 Å². The molecule has 2 aromatic rings. The summed E-state index contributed by atoms with van der Waals surface area (Å²) in [7, 11) is 0. The Balaban J connectivity index is 2.17. The second-order valence-corrected chi connectivity index (χ2v) is 5.41. The summed E-state index contributed by atoms with van der Waals surface area (Å²) in [4.78, 5) is 13.6. The Morgan fingerprint density at radius 3 is 2.71 bits per heavy atom. The first-order valence-electron chi connectivity index (χ1n) is 7.07. The van der Waals surface area contributed by atoms with Crippen molar-refractivity contribution in [2.24, 2.45) is 5.11 Å². The number of aliphatic carboxylic acids is 1. The van der Waals surface area contributed by atoms with Crippen LogP contribution in [-0.4, -0.2) is 17.1 Å². The second-order valence-electron chi connectivity index (χ2n) is 4.98. The van der Waals surface area contributed by atoms with E-state index in [-0.39, 0.29) is 0 Å². The highest BCUT2D eigenvalue weighted by atomic mass is 35.5. The number of benzene rings is 2. The monoisotopic (exact) mass is 346 g/mol. The van der Waals surface area contributed by atoms with Gasteiger partial charge in [0.2, 0.25) is 0 Å². The van der Waals surface area contributed by atoms with Crippen molar-refractivity contribution in [1.29, 1.82) is 0 Å². The molecule has 8 heteroatoms. The fourth-order valence-electron chi connectivity index (χ4n) is 1.88. The number of rotatable bonds is 7. The van der Waals surface area contributed by atoms with Crippen molar-refractivity contribution >= 4 is 23.3 Å². The normalized spacial score (nSPS) is 11.4. The lowest BCUT2D eigenvalue weighted by Crippen LogP contribution is -2.33. The number of hydrogen-bond donors (Lipinski definition) is 2. The van der Waals surface area contributed by atoms with Crippen LogP contribution >= 0.6 is 11.6 Å². The molecule has 0 saturated heterocycles. The van der Waals surface area contributed by atoms with E-state index in [0.717, 1.165) is 5.56 Å². The van der Waals surface area contributed by atoms with Crippen LogP contribution < -0.4 is 10.1 Å². The Kier molecular flexibility index (Phi) is 6.03. The van der Waals surface area contributed by atoms with Gasteiger partial charge in [-0.1, -0.05) is 22.8 Å². The van der Waals surface area contributed by atoms with Crippen LogP contribution in [0.1, 0.15) is 12.5 Å². The first kappa shape index (κ1) is 17.6. The largest absolute Gasteiger partial charge is 0.480 e. The van der Waals surface area contributed by atoms with Gasteiger partial charge in [0.1, 0.15) is 17.5 Å². The molecule has 0 spiro atoms. The summed E-state index contributed by atoms with van der Waals surface area (Å²) < 4.78 is 5.81. The minimum Gasteiger partial charge on any atom is -0.480 e. The van der Waals surface area contributed by atoms with E-state index in [1.807, 2.05) is 0 Å². The van der Waals surface area contributed by atoms with Crippen LogP contribution in [0.5, 0.6) is 11.5 Å². The summed E-state index contributed by atoms with van der Waals surface area (Å²) in [6.07, 6.45) is 0. The molecule has 0 saturated carbocycles. The van der Waals surface area contributed by atoms with Crippen molar-refractivity contribution in [3.63, 3.8) is 0 Å². The van der Waals surface area contributed by atoms with Crippen LogP contribution in [0.4, 0.5) is 5.69 Å². The van der Waals surface area contributed by atoms with Crippen LogP contribution in [0.25, 0.3) is 10.4 Å². The smallest absolute Gasteiger partial charge is 0.320 e. The molecule has 0 heterocycles. The van der Waals surface area contributed by atoms with Crippen molar-refractivity contribution < 1.29 is 14.6 Å². The molecule has 0 fully saturated rings. The maximum Gasteiger partial charge on any atom is 0.320 e. The van der Waals surface area contributed by atoms with Gasteiger partial charge in [-0.2, -0.15) is 0 Å². The highest BCUT2D eigenvalue weighted by Crippen LogP contribution is 2.29. The van der Waals surface area contributed by atoms with E-state index in [4.69, 9.17) is 27.0 Å². The predicted molar refractivity (Wildman–Crippen MR) is 90.7 cm³/mol. The highest BCUT2D eigenvalue weighted by molar-refractivity contribution is 6.30. The molecule has 2 rings (SSSR count). The van der Waals surface area contributed by atoms with Crippen molar-refractivity contribution in [3.05, 3.63) is 63.5 Å². The van der Waals surface area contributed by atoms with Crippen molar-refractivity contribution in [2.75, 3.05) is 0 Å². The third kappa shape index (κ3) is 4.89. The maximum atomic E-state index is 10.9. The summed E-state index contributed by atoms with van der Waals surface area (Å²) in [6, 6.07) is 11.1. The maximum absolute atomic E-state index is 10.9. The molecular weight excluding hydrogens is 332 g/mol. The molecule has 0 aliphatic rings. The first-order chi connectivity index (χ1) is 11.5. The average molecular weight is 347 g/mol. The van der Waals surface area contributed by atoms with E-state index < -0.39 is 12.0 Å². The number of azide groups is 1. The van der Waals surface area contributed by atoms with E-state index in [9.17, 15) is 4.79 Å². The zero-order valence-electron chi connectivity index (χ0n) is 12.8. The zero-order valence-corrected chi connectivity index (χ0v) is 13.6. The molecule has 1 unspecified atom stereocenters. The lowest BCUT2D eigenvalue weighted by atomic mass is 10.2. The lowest BCUT2D eigenvalue weighted by Gasteiger charge is -2.14. The SMILES string of the molecule is CC(NCc1ccc(Cl)cc1Oc1ccc(N=[N+]=[N-])cc1)C(=O)O. The van der Waals surface area contributed by atoms with Gasteiger partial charge >= 0.3 is 5.97 Å². The number of nitrogens with zero attached hydrogens (tertiary/aromatic N) is 3. The van der Waals surface area contributed by atoms with Gasteiger partial charge in [-0.15, -0.1) is 0 Å². The summed E-state index contributed by atoms with van der Waals surface area (Å²) in [5.74, 6) is 0.130. The molecule has 0 aliphatic heterocycles. The second kappa shape index (κ2) is 8.21. The third-order valence-electron chi connectivity index (χ3n) is 3.22. The molecule has 1 atom stereocenters. The molecular formula is C16H15ClN4O3. The van der Waals surface area contributed by atoms with Gasteiger partial charge in [-0.3, -0.25) is 4.79 Å². The number of carbonyl (C=O) groups is 1. The zero-order chi connectivity index (χ0) is 17.5. The molecule has 0 amide bonds. The number of hydrogen-bond acceptors (Lipinski definition) is 4. The van der Waals surface area contributed by atoms with Gasteiger partial charge in [0.15, 0.2) is 0 Å². The molecule has 24 heavy (non-hydrogen) atoms. The minimum absolute atomic E-state index is 0.316. The van der Waals surface area contributed by atoms with Gasteiger partial charge in [-0.05, 0) is 48.9 Å². The summed E-state index contributed by atoms with van der Waals surface area (Å²) >= 11 is 6.01. The predicted octanol–water partition coefficient (Wildman–Crippen LogP) is 4.64. The Bertz CT molecular complexity index is 773. The number of carboxylic acids is 1. The van der Waals surface area contributed by atoms with E-state index >= 15 is 0 Å². The Hall–Kier alpha value is -2.73. The molecule has 0 radical (unpaired) electrons. The fourth-order valence-corrected chi connectivity index (χ4v) is 2.04. The average Bonchev–Trinajstić information content (AvgIpc) is 2.56. The van der Waals surface area contributed by atoms with E-state index in [0.29, 0.717) is 28.8 Å². The number of nitrogens with one attached hydrogen (secondary N) is 1. The number of halogens is 1. The number of carboxylic acid groups (broad SMARTS) is 1. The van der Waals surface area contributed by atoms with Gasteiger partial charge in [0.25, 0.3) is 0 Å². The summed E-state index contributed by atoms with van der Waals surface area (Å²) in [5, 5.41) is 15.8. The Morgan fingerprint density at radius 2 is 2.08 bits per heavy atom. The van der Waals surface area contributed by atoms with Gasteiger partial charge in [-0.25, -0.2) is 0 Å². The van der Waals surface area contributed by atoms with E-state index in [1.54, 1.807) is 49.4 Å². The van der Waals surface area contributed by atoms with Crippen LogP contribution in [0.3, 0.4) is 0 Å². The lowest BCUT2D eigenvalue weighted by molar-refractivity contribution is -0.139. The third-order valence-corrected chi connectivity index (χ3v) is 3.46. The number of ether oxygens (including phenoxy) is 1. The quantitative estimate of drug-likeness (QED) is 0.432. The molecule has 0 aromatic heterocycles. The van der Waals surface area contributed by atoms with Crippen molar-refractivity contribution in [1.82, 2.24) is 5.32 Å².